The highest BCUT2D eigenvalue weighted by molar-refractivity contribution is 8.01. The van der Waals surface area contributed by atoms with Crippen molar-refractivity contribution < 1.29 is 9.32 Å². The second-order valence-electron chi connectivity index (χ2n) is 6.34. The van der Waals surface area contributed by atoms with E-state index in [4.69, 9.17) is 4.52 Å². The van der Waals surface area contributed by atoms with Crippen LogP contribution in [0.2, 0.25) is 0 Å². The summed E-state index contributed by atoms with van der Waals surface area (Å²) in [7, 11) is 0. The zero-order valence-corrected chi connectivity index (χ0v) is 17.8. The second kappa shape index (κ2) is 9.06. The summed E-state index contributed by atoms with van der Waals surface area (Å²) < 4.78 is 6.20. The van der Waals surface area contributed by atoms with Crippen LogP contribution >= 0.6 is 23.1 Å². The smallest absolute Gasteiger partial charge is 0.240 e. The van der Waals surface area contributed by atoms with Gasteiger partial charge in [-0.2, -0.15) is 4.98 Å². The van der Waals surface area contributed by atoms with Gasteiger partial charge in [0.15, 0.2) is 4.34 Å². The third kappa shape index (κ3) is 5.02. The van der Waals surface area contributed by atoms with Crippen molar-refractivity contribution >= 4 is 45.5 Å². The molecule has 0 aliphatic heterocycles. The molecule has 0 saturated heterocycles. The molecule has 0 aliphatic carbocycles. The van der Waals surface area contributed by atoms with Crippen LogP contribution in [-0.2, 0) is 4.79 Å². The van der Waals surface area contributed by atoms with Crippen molar-refractivity contribution in [2.24, 2.45) is 0 Å². The molecular weight excluding hydrogens is 420 g/mol. The quantitative estimate of drug-likeness (QED) is 0.382. The van der Waals surface area contributed by atoms with Crippen LogP contribution in [0.25, 0.3) is 11.4 Å². The van der Waals surface area contributed by atoms with Gasteiger partial charge in [0.2, 0.25) is 22.8 Å². The molecule has 4 rings (SSSR count). The Morgan fingerprint density at radius 3 is 2.70 bits per heavy atom. The third-order valence-corrected chi connectivity index (χ3v) is 5.95. The van der Waals surface area contributed by atoms with Crippen LogP contribution in [0.4, 0.5) is 16.5 Å². The summed E-state index contributed by atoms with van der Waals surface area (Å²) in [5.74, 6) is 0.982. The molecule has 0 spiro atoms. The first-order valence-corrected chi connectivity index (χ1v) is 10.8. The summed E-state index contributed by atoms with van der Waals surface area (Å²) in [6.07, 6.45) is 0. The van der Waals surface area contributed by atoms with Gasteiger partial charge in [0.25, 0.3) is 0 Å². The number of aromatic nitrogens is 4. The second-order valence-corrected chi connectivity index (χ2v) is 8.91. The summed E-state index contributed by atoms with van der Waals surface area (Å²) in [6, 6.07) is 17.1. The van der Waals surface area contributed by atoms with Crippen molar-refractivity contribution in [2.75, 3.05) is 10.6 Å². The first-order valence-electron chi connectivity index (χ1n) is 9.11. The van der Waals surface area contributed by atoms with Crippen LogP contribution in [0.5, 0.6) is 0 Å². The maximum atomic E-state index is 11.2. The molecule has 0 saturated carbocycles. The highest BCUT2D eigenvalue weighted by Crippen LogP contribution is 2.37. The molecule has 30 heavy (non-hydrogen) atoms. The van der Waals surface area contributed by atoms with Gasteiger partial charge in [-0.3, -0.25) is 4.79 Å². The maximum Gasteiger partial charge on any atom is 0.240 e. The molecule has 0 aliphatic rings. The number of amides is 1. The Morgan fingerprint density at radius 2 is 1.90 bits per heavy atom. The van der Waals surface area contributed by atoms with E-state index in [1.54, 1.807) is 0 Å². The molecule has 0 bridgehead atoms. The van der Waals surface area contributed by atoms with E-state index in [0.29, 0.717) is 22.5 Å². The van der Waals surface area contributed by atoms with Gasteiger partial charge in [0.05, 0.1) is 5.25 Å². The van der Waals surface area contributed by atoms with Gasteiger partial charge in [-0.15, -0.1) is 10.2 Å². The molecule has 2 heterocycles. The Kier molecular flexibility index (Phi) is 6.05. The average Bonchev–Trinajstić information content (AvgIpc) is 3.38. The van der Waals surface area contributed by atoms with E-state index >= 15 is 0 Å². The minimum absolute atomic E-state index is 0.0705. The number of carbonyl (C=O) groups is 1. The summed E-state index contributed by atoms with van der Waals surface area (Å²) in [5.41, 5.74) is 2.44. The Bertz CT molecular complexity index is 1140. The summed E-state index contributed by atoms with van der Waals surface area (Å²) in [5, 5.41) is 19.0. The zero-order chi connectivity index (χ0) is 20.9. The average molecular weight is 439 g/mol. The van der Waals surface area contributed by atoms with E-state index in [2.05, 4.69) is 31.0 Å². The largest absolute Gasteiger partial charge is 0.338 e. The minimum Gasteiger partial charge on any atom is -0.338 e. The normalized spacial score (nSPS) is 11.8. The lowest BCUT2D eigenvalue weighted by atomic mass is 10.2. The van der Waals surface area contributed by atoms with Gasteiger partial charge in [0.1, 0.15) is 0 Å². The van der Waals surface area contributed by atoms with E-state index in [9.17, 15) is 4.79 Å². The highest BCUT2D eigenvalue weighted by Gasteiger charge is 2.18. The molecule has 10 heteroatoms. The van der Waals surface area contributed by atoms with Crippen molar-refractivity contribution in [3.63, 3.8) is 0 Å². The van der Waals surface area contributed by atoms with Gasteiger partial charge >= 0.3 is 0 Å². The van der Waals surface area contributed by atoms with Crippen LogP contribution < -0.4 is 10.6 Å². The fraction of sp³-hybridized carbons (Fsp3) is 0.150. The number of rotatable bonds is 7. The van der Waals surface area contributed by atoms with Crippen LogP contribution in [0.15, 0.2) is 63.5 Å². The van der Waals surface area contributed by atoms with E-state index in [1.165, 1.54) is 30.0 Å². The fourth-order valence-corrected chi connectivity index (χ4v) is 4.56. The van der Waals surface area contributed by atoms with Crippen molar-refractivity contribution in [3.8, 4) is 11.4 Å². The number of carbonyl (C=O) groups excluding carboxylic acids is 1. The number of nitrogens with one attached hydrogen (secondary N) is 2. The van der Waals surface area contributed by atoms with Crippen LogP contribution in [0, 0.1) is 0 Å². The Hall–Kier alpha value is -3.24. The van der Waals surface area contributed by atoms with Gasteiger partial charge in [-0.25, -0.2) is 0 Å². The third-order valence-electron chi connectivity index (χ3n) is 3.94. The maximum absolute atomic E-state index is 11.2. The molecule has 0 fully saturated rings. The van der Waals surface area contributed by atoms with Crippen molar-refractivity contribution in [3.05, 3.63) is 60.5 Å². The molecule has 1 atom stereocenters. The molecule has 2 N–H and O–H groups in total. The fourth-order valence-electron chi connectivity index (χ4n) is 2.62. The molecule has 2 aromatic carbocycles. The molecule has 8 nitrogen and oxygen atoms in total. The molecule has 152 valence electrons. The number of benzene rings is 2. The number of hydrogen-bond donors (Lipinski definition) is 2. The molecule has 4 aromatic rings. The Balaban J connectivity index is 1.40. The molecule has 1 amide bonds. The summed E-state index contributed by atoms with van der Waals surface area (Å²) >= 11 is 2.93. The number of hydrogen-bond acceptors (Lipinski definition) is 9. The van der Waals surface area contributed by atoms with Crippen LogP contribution in [0.3, 0.4) is 0 Å². The van der Waals surface area contributed by atoms with E-state index < -0.39 is 0 Å². The van der Waals surface area contributed by atoms with E-state index in [-0.39, 0.29) is 11.2 Å². The number of nitrogens with zero attached hydrogens (tertiary/aromatic N) is 4. The monoisotopic (exact) mass is 438 g/mol. The first kappa shape index (κ1) is 20.0. The number of anilines is 3. The van der Waals surface area contributed by atoms with E-state index in [0.717, 1.165) is 15.6 Å². The van der Waals surface area contributed by atoms with Gasteiger partial charge in [0, 0.05) is 23.9 Å². The lowest BCUT2D eigenvalue weighted by Crippen LogP contribution is -2.05. The SMILES string of the molecule is CC(=O)Nc1cccc(Nc2nnc(S[C@@H](C)c3nc(-c4ccccc4)no3)s2)c1. The molecule has 0 radical (unpaired) electrons. The Morgan fingerprint density at radius 1 is 1.10 bits per heavy atom. The van der Waals surface area contributed by atoms with Gasteiger partial charge in [-0.1, -0.05) is 64.7 Å². The first-order chi connectivity index (χ1) is 14.6. The van der Waals surface area contributed by atoms with Gasteiger partial charge in [-0.05, 0) is 25.1 Å². The predicted molar refractivity (Wildman–Crippen MR) is 118 cm³/mol. The topological polar surface area (TPSA) is 106 Å². The molecular formula is C20H18N6O2S2. The molecule has 0 unspecified atom stereocenters. The standard InChI is InChI=1S/C20H18N6O2S2/c1-12(18-23-17(26-28-18)14-7-4-3-5-8-14)29-20-25-24-19(30-20)22-16-10-6-9-15(11-16)21-13(2)27/h3-12H,1-2H3,(H,21,27)(H,22,24)/t12-/m0/s1. The van der Waals surface area contributed by atoms with Crippen molar-refractivity contribution in [1.29, 1.82) is 0 Å². The molecule has 2 aromatic heterocycles. The predicted octanol–water partition coefficient (Wildman–Crippen LogP) is 5.14. The highest BCUT2D eigenvalue weighted by atomic mass is 32.2. The zero-order valence-electron chi connectivity index (χ0n) is 16.2. The Labute approximate surface area is 181 Å². The van der Waals surface area contributed by atoms with Gasteiger partial charge < -0.3 is 15.2 Å². The van der Waals surface area contributed by atoms with E-state index in [1.807, 2.05) is 61.5 Å². The summed E-state index contributed by atoms with van der Waals surface area (Å²) in [4.78, 5) is 15.7. The van der Waals surface area contributed by atoms with Crippen molar-refractivity contribution in [1.82, 2.24) is 20.3 Å². The summed E-state index contributed by atoms with van der Waals surface area (Å²) in [6.45, 7) is 3.46. The van der Waals surface area contributed by atoms with Crippen molar-refractivity contribution in [2.45, 2.75) is 23.4 Å². The van der Waals surface area contributed by atoms with Crippen LogP contribution in [-0.4, -0.2) is 26.2 Å². The van der Waals surface area contributed by atoms with Crippen LogP contribution in [0.1, 0.15) is 25.0 Å². The lowest BCUT2D eigenvalue weighted by molar-refractivity contribution is -0.114. The lowest BCUT2D eigenvalue weighted by Gasteiger charge is -2.05. The number of thioether (sulfide) groups is 1. The minimum atomic E-state index is -0.118.